The van der Waals surface area contributed by atoms with Crippen molar-refractivity contribution in [2.75, 3.05) is 0 Å². The Labute approximate surface area is 97.3 Å². The highest BCUT2D eigenvalue weighted by Gasteiger charge is 2.37. The molecule has 0 aliphatic heterocycles. The topological polar surface area (TPSA) is 35.8 Å². The lowest BCUT2D eigenvalue weighted by atomic mass is 9.98. The fourth-order valence-electron chi connectivity index (χ4n) is 2.06. The molecule has 0 heterocycles. The van der Waals surface area contributed by atoms with E-state index in [0.29, 0.717) is 0 Å². The van der Waals surface area contributed by atoms with E-state index in [1.807, 2.05) is 24.3 Å². The summed E-state index contributed by atoms with van der Waals surface area (Å²) in [4.78, 5) is 0. The van der Waals surface area contributed by atoms with E-state index in [0.717, 1.165) is 23.6 Å². The fraction of sp³-hybridized carbons (Fsp3) is 0.500. The lowest BCUT2D eigenvalue weighted by Crippen LogP contribution is -2.40. The highest BCUT2D eigenvalue weighted by Crippen LogP contribution is 2.39. The normalized spacial score (nSPS) is 15.8. The van der Waals surface area contributed by atoms with Gasteiger partial charge in [0.2, 0.25) is 0 Å². The first-order valence-corrected chi connectivity index (χ1v) is 5.86. The van der Waals surface area contributed by atoms with Crippen LogP contribution in [0.4, 0.5) is 0 Å². The van der Waals surface area contributed by atoms with Gasteiger partial charge in [0.1, 0.15) is 0 Å². The minimum atomic E-state index is 0.197. The molecule has 2 rings (SSSR count). The lowest BCUT2D eigenvalue weighted by Gasteiger charge is -2.26. The first kappa shape index (κ1) is 11.2. The van der Waals surface area contributed by atoms with Crippen LogP contribution in [-0.4, -0.2) is 5.54 Å². The maximum atomic E-state index is 8.99. The third-order valence-electron chi connectivity index (χ3n) is 3.47. The van der Waals surface area contributed by atoms with Gasteiger partial charge in [-0.05, 0) is 44.2 Å². The van der Waals surface area contributed by atoms with Gasteiger partial charge in [-0.15, -0.1) is 0 Å². The number of nitrogens with zero attached hydrogens (tertiary/aromatic N) is 1. The minimum absolute atomic E-state index is 0.197. The maximum Gasteiger partial charge on any atom is 0.0995 e. The second-order valence-electron chi connectivity index (χ2n) is 5.12. The van der Waals surface area contributed by atoms with Gasteiger partial charge in [-0.25, -0.2) is 0 Å². The molecule has 1 aromatic rings. The summed E-state index contributed by atoms with van der Waals surface area (Å²) >= 11 is 0. The van der Waals surface area contributed by atoms with E-state index in [-0.39, 0.29) is 5.54 Å². The second kappa shape index (κ2) is 4.27. The fourth-order valence-corrected chi connectivity index (χ4v) is 2.06. The average Bonchev–Trinajstić information content (AvgIpc) is 3.11. The van der Waals surface area contributed by atoms with E-state index >= 15 is 0 Å². The van der Waals surface area contributed by atoms with Gasteiger partial charge in [0.25, 0.3) is 0 Å². The van der Waals surface area contributed by atoms with Crippen LogP contribution in [0.2, 0.25) is 0 Å². The summed E-state index contributed by atoms with van der Waals surface area (Å²) in [5.41, 5.74) is 2.07. The van der Waals surface area contributed by atoms with Crippen molar-refractivity contribution in [3.05, 3.63) is 35.4 Å². The zero-order valence-electron chi connectivity index (χ0n) is 9.96. The van der Waals surface area contributed by atoms with Gasteiger partial charge in [0.15, 0.2) is 0 Å². The van der Waals surface area contributed by atoms with Crippen LogP contribution in [0.5, 0.6) is 0 Å². The molecule has 0 aromatic heterocycles. The van der Waals surface area contributed by atoms with Crippen LogP contribution >= 0.6 is 0 Å². The molecule has 2 heteroatoms. The Morgan fingerprint density at radius 1 is 1.38 bits per heavy atom. The van der Waals surface area contributed by atoms with Crippen molar-refractivity contribution >= 4 is 0 Å². The molecule has 1 N–H and O–H groups in total. The number of nitrogens with one attached hydrogen (secondary N) is 1. The summed E-state index contributed by atoms with van der Waals surface area (Å²) in [7, 11) is 0. The van der Waals surface area contributed by atoms with Crippen molar-refractivity contribution in [3.8, 4) is 6.07 Å². The van der Waals surface area contributed by atoms with E-state index in [1.54, 1.807) is 0 Å². The van der Waals surface area contributed by atoms with Gasteiger partial charge in [-0.1, -0.05) is 18.2 Å². The molecule has 0 radical (unpaired) electrons. The Morgan fingerprint density at radius 2 is 2.06 bits per heavy atom. The maximum absolute atomic E-state index is 8.99. The molecule has 16 heavy (non-hydrogen) atoms. The molecule has 1 fully saturated rings. The molecule has 1 aliphatic carbocycles. The van der Waals surface area contributed by atoms with Gasteiger partial charge in [0, 0.05) is 12.1 Å². The summed E-state index contributed by atoms with van der Waals surface area (Å²) < 4.78 is 0. The van der Waals surface area contributed by atoms with Crippen molar-refractivity contribution < 1.29 is 0 Å². The third-order valence-corrected chi connectivity index (χ3v) is 3.47. The third kappa shape index (κ3) is 2.43. The molecule has 0 unspecified atom stereocenters. The largest absolute Gasteiger partial charge is 0.307 e. The van der Waals surface area contributed by atoms with Gasteiger partial charge in [-0.2, -0.15) is 5.26 Å². The highest BCUT2D eigenvalue weighted by atomic mass is 15.0. The molecule has 0 amide bonds. The Hall–Kier alpha value is -1.33. The van der Waals surface area contributed by atoms with Crippen molar-refractivity contribution in [3.63, 3.8) is 0 Å². The molecule has 1 aromatic carbocycles. The first-order chi connectivity index (χ1) is 7.63. The molecule has 2 nitrogen and oxygen atoms in total. The van der Waals surface area contributed by atoms with Gasteiger partial charge in [0.05, 0.1) is 11.6 Å². The van der Waals surface area contributed by atoms with Crippen molar-refractivity contribution in [2.45, 2.75) is 38.8 Å². The van der Waals surface area contributed by atoms with Crippen molar-refractivity contribution in [2.24, 2.45) is 5.92 Å². The van der Waals surface area contributed by atoms with Gasteiger partial charge in [-0.3, -0.25) is 0 Å². The molecular formula is C14H18N2. The minimum Gasteiger partial charge on any atom is -0.307 e. The Bertz CT molecular complexity index is 411. The summed E-state index contributed by atoms with van der Waals surface area (Å²) in [5.74, 6) is 0.807. The van der Waals surface area contributed by atoms with Gasteiger partial charge < -0.3 is 5.32 Å². The number of hydrogen-bond acceptors (Lipinski definition) is 2. The van der Waals surface area contributed by atoms with Crippen LogP contribution in [0.1, 0.15) is 37.8 Å². The molecule has 84 valence electrons. The molecule has 0 spiro atoms. The molecule has 1 saturated carbocycles. The van der Waals surface area contributed by atoms with E-state index < -0.39 is 0 Å². The summed E-state index contributed by atoms with van der Waals surface area (Å²) in [5, 5.41) is 12.6. The summed E-state index contributed by atoms with van der Waals surface area (Å²) in [6.07, 6.45) is 2.67. The quantitative estimate of drug-likeness (QED) is 0.836. The average molecular weight is 214 g/mol. The van der Waals surface area contributed by atoms with Crippen LogP contribution in [-0.2, 0) is 6.54 Å². The highest BCUT2D eigenvalue weighted by molar-refractivity contribution is 5.37. The molecule has 0 saturated heterocycles. The zero-order valence-corrected chi connectivity index (χ0v) is 9.96. The predicted molar refractivity (Wildman–Crippen MR) is 64.8 cm³/mol. The van der Waals surface area contributed by atoms with Crippen LogP contribution in [0.15, 0.2) is 24.3 Å². The van der Waals surface area contributed by atoms with E-state index in [2.05, 4.69) is 25.2 Å². The Balaban J connectivity index is 2.02. The number of hydrogen-bond donors (Lipinski definition) is 1. The second-order valence-corrected chi connectivity index (χ2v) is 5.12. The Kier molecular flexibility index (Phi) is 2.98. The smallest absolute Gasteiger partial charge is 0.0995 e. The van der Waals surface area contributed by atoms with Crippen LogP contribution in [0, 0.1) is 17.2 Å². The number of nitriles is 1. The molecule has 0 atom stereocenters. The standard InChI is InChI=1S/C14H18N2/c1-14(2,13-7-8-13)16-10-12-6-4-3-5-11(12)9-15/h3-6,13,16H,7-8,10H2,1-2H3. The van der Waals surface area contributed by atoms with Crippen molar-refractivity contribution in [1.29, 1.82) is 5.26 Å². The zero-order chi connectivity index (χ0) is 11.6. The SMILES string of the molecule is CC(C)(NCc1ccccc1C#N)C1CC1. The monoisotopic (exact) mass is 214 g/mol. The Morgan fingerprint density at radius 3 is 2.69 bits per heavy atom. The summed E-state index contributed by atoms with van der Waals surface area (Å²) in [6, 6.07) is 10.0. The van der Waals surface area contributed by atoms with Crippen LogP contribution < -0.4 is 5.32 Å². The van der Waals surface area contributed by atoms with Crippen molar-refractivity contribution in [1.82, 2.24) is 5.32 Å². The number of benzene rings is 1. The van der Waals surface area contributed by atoms with E-state index in [9.17, 15) is 0 Å². The van der Waals surface area contributed by atoms with E-state index in [1.165, 1.54) is 12.8 Å². The molecular weight excluding hydrogens is 196 g/mol. The van der Waals surface area contributed by atoms with E-state index in [4.69, 9.17) is 5.26 Å². The molecule has 1 aliphatic rings. The lowest BCUT2D eigenvalue weighted by molar-refractivity contribution is 0.339. The van der Waals surface area contributed by atoms with Crippen LogP contribution in [0.3, 0.4) is 0 Å². The van der Waals surface area contributed by atoms with Crippen LogP contribution in [0.25, 0.3) is 0 Å². The first-order valence-electron chi connectivity index (χ1n) is 5.86. The van der Waals surface area contributed by atoms with Gasteiger partial charge >= 0.3 is 0 Å². The summed E-state index contributed by atoms with van der Waals surface area (Å²) in [6.45, 7) is 5.28. The number of rotatable bonds is 4. The molecule has 0 bridgehead atoms. The predicted octanol–water partition coefficient (Wildman–Crippen LogP) is 2.84.